The molecule has 0 radical (unpaired) electrons. The van der Waals surface area contributed by atoms with Gasteiger partial charge in [0.15, 0.2) is 0 Å². The second kappa shape index (κ2) is 11.8. The van der Waals surface area contributed by atoms with Crippen LogP contribution in [0.15, 0.2) is 24.8 Å². The van der Waals surface area contributed by atoms with E-state index in [1.54, 1.807) is 18.5 Å². The van der Waals surface area contributed by atoms with Gasteiger partial charge in [-0.05, 0) is 6.07 Å². The second-order valence-electron chi connectivity index (χ2n) is 1.90. The number of rotatable bonds is 1. The van der Waals surface area contributed by atoms with Crippen LogP contribution in [0, 0.1) is 0 Å². The minimum atomic E-state index is 0. The van der Waals surface area contributed by atoms with Gasteiger partial charge in [0.1, 0.15) is 6.33 Å². The molecule has 3 N–H and O–H groups in total. The summed E-state index contributed by atoms with van der Waals surface area (Å²) in [6.45, 7) is 4.36. The molecule has 0 saturated carbocycles. The molecular formula is C8H17N3. The Morgan fingerprint density at radius 1 is 1.00 bits per heavy atom. The molecule has 1 aromatic heterocycles. The Balaban J connectivity index is 0. The van der Waals surface area contributed by atoms with Gasteiger partial charge in [0.05, 0.1) is 0 Å². The number of hydrogen-bond donors (Lipinski definition) is 1. The van der Waals surface area contributed by atoms with Crippen molar-refractivity contribution < 1.29 is 0 Å². The Morgan fingerprint density at radius 2 is 1.45 bits per heavy atom. The summed E-state index contributed by atoms with van der Waals surface area (Å²) >= 11 is 0. The van der Waals surface area contributed by atoms with E-state index >= 15 is 0 Å². The van der Waals surface area contributed by atoms with E-state index in [9.17, 15) is 0 Å². The van der Waals surface area contributed by atoms with E-state index < -0.39 is 0 Å². The Bertz CT molecular complexity index is 101. The molecule has 0 atom stereocenters. The Hall–Kier alpha value is -0.960. The molecule has 0 aliphatic carbocycles. The van der Waals surface area contributed by atoms with E-state index in [2.05, 4.69) is 23.8 Å². The predicted molar refractivity (Wildman–Crippen MR) is 47.6 cm³/mol. The van der Waals surface area contributed by atoms with Crippen LogP contribution >= 0.6 is 0 Å². The number of unbranched alkanes of at least 4 members (excludes halogenated alkanes) is 1. The maximum Gasteiger partial charge on any atom is 0.115 e. The monoisotopic (exact) mass is 155 g/mol. The molecule has 0 aliphatic rings. The number of hydrogen-bond acceptors (Lipinski definition) is 3. The summed E-state index contributed by atoms with van der Waals surface area (Å²) in [4.78, 5) is 7.35. The number of nitrogens with zero attached hydrogens (tertiary/aromatic N) is 2. The summed E-state index contributed by atoms with van der Waals surface area (Å²) in [6.07, 6.45) is 7.51. The van der Waals surface area contributed by atoms with Crippen molar-refractivity contribution >= 4 is 0 Å². The smallest absolute Gasteiger partial charge is 0.115 e. The molecular weight excluding hydrogens is 138 g/mol. The van der Waals surface area contributed by atoms with Gasteiger partial charge in [0.25, 0.3) is 0 Å². The highest BCUT2D eigenvalue weighted by atomic mass is 14.8. The van der Waals surface area contributed by atoms with E-state index in [-0.39, 0.29) is 6.15 Å². The van der Waals surface area contributed by atoms with Gasteiger partial charge in [-0.3, -0.25) is 0 Å². The van der Waals surface area contributed by atoms with Crippen LogP contribution in [0.25, 0.3) is 0 Å². The Labute approximate surface area is 68.5 Å². The van der Waals surface area contributed by atoms with Crippen LogP contribution in [-0.4, -0.2) is 9.97 Å². The molecule has 0 amide bonds. The van der Waals surface area contributed by atoms with Crippen molar-refractivity contribution in [3.8, 4) is 0 Å². The molecule has 3 heteroatoms. The van der Waals surface area contributed by atoms with E-state index in [1.165, 1.54) is 19.2 Å². The minimum Gasteiger partial charge on any atom is -0.344 e. The summed E-state index contributed by atoms with van der Waals surface area (Å²) in [5.74, 6) is 0. The summed E-state index contributed by atoms with van der Waals surface area (Å²) in [7, 11) is 0. The molecule has 0 saturated heterocycles. The molecule has 0 spiro atoms. The summed E-state index contributed by atoms with van der Waals surface area (Å²) in [5.41, 5.74) is 0. The molecule has 1 heterocycles. The molecule has 0 aromatic carbocycles. The first-order valence-electron chi connectivity index (χ1n) is 3.61. The van der Waals surface area contributed by atoms with Crippen molar-refractivity contribution in [2.45, 2.75) is 26.7 Å². The standard InChI is InChI=1S/C4H4N2.C4H10.H3N/c1-2-5-4-6-3-1;1-3-4-2;/h1-4H;3-4H2,1-2H3;1H3. The van der Waals surface area contributed by atoms with Gasteiger partial charge >= 0.3 is 0 Å². The van der Waals surface area contributed by atoms with Crippen LogP contribution in [-0.2, 0) is 0 Å². The quantitative estimate of drug-likeness (QED) is 0.677. The van der Waals surface area contributed by atoms with Crippen molar-refractivity contribution in [2.24, 2.45) is 0 Å². The molecule has 0 bridgehead atoms. The first-order chi connectivity index (χ1) is 4.91. The zero-order chi connectivity index (χ0) is 7.66. The average molecular weight is 155 g/mol. The van der Waals surface area contributed by atoms with Crippen LogP contribution in [0.5, 0.6) is 0 Å². The average Bonchev–Trinajstić information content (AvgIpc) is 2.08. The van der Waals surface area contributed by atoms with Crippen LogP contribution < -0.4 is 6.15 Å². The van der Waals surface area contributed by atoms with Gasteiger partial charge < -0.3 is 6.15 Å². The fourth-order valence-electron chi connectivity index (χ4n) is 0.253. The predicted octanol–water partition coefficient (Wildman–Crippen LogP) is 2.45. The fourth-order valence-corrected chi connectivity index (χ4v) is 0.253. The van der Waals surface area contributed by atoms with Gasteiger partial charge in [-0.2, -0.15) is 0 Å². The van der Waals surface area contributed by atoms with Crippen LogP contribution in [0.3, 0.4) is 0 Å². The van der Waals surface area contributed by atoms with Crippen molar-refractivity contribution in [3.63, 3.8) is 0 Å². The van der Waals surface area contributed by atoms with Crippen molar-refractivity contribution in [2.75, 3.05) is 0 Å². The van der Waals surface area contributed by atoms with Crippen molar-refractivity contribution in [3.05, 3.63) is 24.8 Å². The third-order valence-electron chi connectivity index (χ3n) is 0.978. The minimum absolute atomic E-state index is 0. The van der Waals surface area contributed by atoms with E-state index in [0.717, 1.165) is 0 Å². The van der Waals surface area contributed by atoms with Gasteiger partial charge in [-0.1, -0.05) is 26.7 Å². The molecule has 64 valence electrons. The Kier molecular flexibility index (Phi) is 13.6. The zero-order valence-corrected chi connectivity index (χ0v) is 7.33. The molecule has 0 fully saturated rings. The lowest BCUT2D eigenvalue weighted by molar-refractivity contribution is 0.886. The molecule has 3 nitrogen and oxygen atoms in total. The lowest BCUT2D eigenvalue weighted by Crippen LogP contribution is -1.66. The van der Waals surface area contributed by atoms with E-state index in [0.29, 0.717) is 0 Å². The molecule has 0 unspecified atom stereocenters. The van der Waals surface area contributed by atoms with Gasteiger partial charge in [0, 0.05) is 12.4 Å². The molecule has 11 heavy (non-hydrogen) atoms. The lowest BCUT2D eigenvalue weighted by Gasteiger charge is -1.70. The third kappa shape index (κ3) is 12.3. The highest BCUT2D eigenvalue weighted by molar-refractivity contribution is 4.74. The van der Waals surface area contributed by atoms with Crippen LogP contribution in [0.4, 0.5) is 0 Å². The first-order valence-corrected chi connectivity index (χ1v) is 3.61. The van der Waals surface area contributed by atoms with E-state index in [1.807, 2.05) is 0 Å². The SMILES string of the molecule is CCCC.N.c1cncnc1. The van der Waals surface area contributed by atoms with Gasteiger partial charge in [-0.15, -0.1) is 0 Å². The topological polar surface area (TPSA) is 60.8 Å². The molecule has 1 rings (SSSR count). The molecule has 0 aliphatic heterocycles. The molecule has 1 aromatic rings. The van der Waals surface area contributed by atoms with Gasteiger partial charge in [-0.25, -0.2) is 9.97 Å². The lowest BCUT2D eigenvalue weighted by atomic mass is 10.4. The van der Waals surface area contributed by atoms with E-state index in [4.69, 9.17) is 0 Å². The van der Waals surface area contributed by atoms with Crippen LogP contribution in [0.2, 0.25) is 0 Å². The Morgan fingerprint density at radius 3 is 1.55 bits per heavy atom. The normalized spacial score (nSPS) is 7.09. The second-order valence-corrected chi connectivity index (χ2v) is 1.90. The van der Waals surface area contributed by atoms with Crippen molar-refractivity contribution in [1.82, 2.24) is 16.1 Å². The fraction of sp³-hybridized carbons (Fsp3) is 0.500. The van der Waals surface area contributed by atoms with Crippen molar-refractivity contribution in [1.29, 1.82) is 0 Å². The first kappa shape index (κ1) is 12.7. The highest BCUT2D eigenvalue weighted by Gasteiger charge is 1.59. The zero-order valence-electron chi connectivity index (χ0n) is 7.33. The highest BCUT2D eigenvalue weighted by Crippen LogP contribution is 1.76. The maximum absolute atomic E-state index is 3.67. The summed E-state index contributed by atoms with van der Waals surface area (Å²) < 4.78 is 0. The third-order valence-corrected chi connectivity index (χ3v) is 0.978. The largest absolute Gasteiger partial charge is 0.344 e. The maximum atomic E-state index is 3.67. The summed E-state index contributed by atoms with van der Waals surface area (Å²) in [6, 6.07) is 1.78. The van der Waals surface area contributed by atoms with Crippen LogP contribution in [0.1, 0.15) is 26.7 Å². The summed E-state index contributed by atoms with van der Waals surface area (Å²) in [5, 5.41) is 0. The number of aromatic nitrogens is 2. The van der Waals surface area contributed by atoms with Gasteiger partial charge in [0.2, 0.25) is 0 Å².